The van der Waals surface area contributed by atoms with Gasteiger partial charge in [0, 0.05) is 12.5 Å². The van der Waals surface area contributed by atoms with E-state index >= 15 is 0 Å². The zero-order chi connectivity index (χ0) is 30.1. The second-order valence-electron chi connectivity index (χ2n) is 11.0. The van der Waals surface area contributed by atoms with E-state index in [4.69, 9.17) is 11.5 Å². The van der Waals surface area contributed by atoms with Crippen molar-refractivity contribution >= 4 is 35.4 Å². The number of hydrogen-bond acceptors (Lipinski definition) is 8. The van der Waals surface area contributed by atoms with Crippen molar-refractivity contribution in [2.24, 2.45) is 35.1 Å². The number of imide groups is 1. The molecule has 218 valence electrons. The number of carboxylic acids is 1. The van der Waals surface area contributed by atoms with Crippen LogP contribution in [0, 0.1) is 23.7 Å². The topological polar surface area (TPSA) is 202 Å². The molecule has 0 heterocycles. The maximum atomic E-state index is 13.9. The van der Waals surface area contributed by atoms with Crippen molar-refractivity contribution < 1.29 is 33.9 Å². The third-order valence-corrected chi connectivity index (χ3v) is 6.33. The molecule has 12 heteroatoms. The highest BCUT2D eigenvalue weighted by molar-refractivity contribution is 6.39. The first-order chi connectivity index (χ1) is 17.4. The molecule has 0 saturated carbocycles. The number of carboxylic acid groups (broad SMARTS) is 1. The van der Waals surface area contributed by atoms with Crippen molar-refractivity contribution in [3.63, 3.8) is 0 Å². The van der Waals surface area contributed by atoms with Crippen LogP contribution in [0.3, 0.4) is 0 Å². The summed E-state index contributed by atoms with van der Waals surface area (Å²) in [7, 11) is 0. The third kappa shape index (κ3) is 9.46. The summed E-state index contributed by atoms with van der Waals surface area (Å²) in [6, 6.07) is -6.48. The SMILES string of the molecule is CCCC(=O)C(=O)N(C(=O)[C@@H](NC(=O)[C@@H](N)C(C)C)C(C)C)[C@@H](C(=O)N[C@H](C(=O)O)C(C)C)C(N)C(C)C. The van der Waals surface area contributed by atoms with Crippen LogP contribution in [0.5, 0.6) is 0 Å². The first-order valence-corrected chi connectivity index (χ1v) is 13.1. The molecule has 0 spiro atoms. The normalized spacial score (nSPS) is 15.6. The van der Waals surface area contributed by atoms with E-state index in [1.54, 1.807) is 62.3 Å². The molecular formula is C26H47N5O7. The number of carbonyl (C=O) groups is 6. The van der Waals surface area contributed by atoms with Crippen LogP contribution in [0.1, 0.15) is 75.2 Å². The maximum absolute atomic E-state index is 13.9. The molecule has 0 aliphatic heterocycles. The van der Waals surface area contributed by atoms with Crippen LogP contribution < -0.4 is 22.1 Å². The number of nitrogens with two attached hydrogens (primary N) is 2. The Kier molecular flexibility index (Phi) is 14.4. The van der Waals surface area contributed by atoms with Gasteiger partial charge >= 0.3 is 5.97 Å². The van der Waals surface area contributed by atoms with Crippen LogP contribution in [0.4, 0.5) is 0 Å². The Balaban J connectivity index is 6.88. The number of hydrogen-bond donors (Lipinski definition) is 5. The highest BCUT2D eigenvalue weighted by atomic mass is 16.4. The number of aliphatic carboxylic acids is 1. The van der Waals surface area contributed by atoms with E-state index in [1.165, 1.54) is 0 Å². The van der Waals surface area contributed by atoms with Gasteiger partial charge < -0.3 is 27.2 Å². The van der Waals surface area contributed by atoms with Gasteiger partial charge in [0.2, 0.25) is 17.6 Å². The number of carbonyl (C=O) groups excluding carboxylic acids is 5. The fraction of sp³-hybridized carbons (Fsp3) is 0.769. The van der Waals surface area contributed by atoms with Crippen molar-refractivity contribution in [1.82, 2.24) is 15.5 Å². The van der Waals surface area contributed by atoms with Gasteiger partial charge in [-0.15, -0.1) is 0 Å². The van der Waals surface area contributed by atoms with Crippen molar-refractivity contribution in [2.45, 2.75) is 105 Å². The summed E-state index contributed by atoms with van der Waals surface area (Å²) in [5, 5.41) is 14.5. The van der Waals surface area contributed by atoms with Gasteiger partial charge in [0.15, 0.2) is 0 Å². The minimum atomic E-state index is -1.71. The van der Waals surface area contributed by atoms with Gasteiger partial charge in [0.1, 0.15) is 18.1 Å². The number of rotatable bonds is 15. The molecule has 0 fully saturated rings. The van der Waals surface area contributed by atoms with Gasteiger partial charge in [-0.25, -0.2) is 4.79 Å². The number of nitrogens with one attached hydrogen (secondary N) is 2. The summed E-state index contributed by atoms with van der Waals surface area (Å²) in [4.78, 5) is 78.6. The first-order valence-electron chi connectivity index (χ1n) is 13.1. The summed E-state index contributed by atoms with van der Waals surface area (Å²) in [6.07, 6.45) is 0.121. The van der Waals surface area contributed by atoms with E-state index in [-0.39, 0.29) is 12.3 Å². The molecule has 7 N–H and O–H groups in total. The fourth-order valence-corrected chi connectivity index (χ4v) is 3.63. The number of Topliss-reactive ketones (excluding diaryl/α,β-unsaturated/α-hetero) is 1. The zero-order valence-corrected chi connectivity index (χ0v) is 24.1. The Labute approximate surface area is 225 Å². The lowest BCUT2D eigenvalue weighted by Crippen LogP contribution is -2.67. The monoisotopic (exact) mass is 541 g/mol. The molecule has 0 aromatic carbocycles. The number of amides is 4. The molecule has 12 nitrogen and oxygen atoms in total. The molecule has 0 aliphatic rings. The highest BCUT2D eigenvalue weighted by Gasteiger charge is 2.46. The smallest absolute Gasteiger partial charge is 0.326 e. The fourth-order valence-electron chi connectivity index (χ4n) is 3.63. The summed E-state index contributed by atoms with van der Waals surface area (Å²) >= 11 is 0. The van der Waals surface area contributed by atoms with Crippen molar-refractivity contribution in [1.29, 1.82) is 0 Å². The Morgan fingerprint density at radius 1 is 0.737 bits per heavy atom. The van der Waals surface area contributed by atoms with Crippen LogP contribution in [0.25, 0.3) is 0 Å². The number of nitrogens with zero attached hydrogens (tertiary/aromatic N) is 1. The molecule has 0 radical (unpaired) electrons. The van der Waals surface area contributed by atoms with E-state index in [0.29, 0.717) is 11.3 Å². The number of ketones is 1. The van der Waals surface area contributed by atoms with E-state index in [1.807, 2.05) is 0 Å². The lowest BCUT2D eigenvalue weighted by Gasteiger charge is -2.38. The molecule has 5 atom stereocenters. The molecule has 0 aliphatic carbocycles. The van der Waals surface area contributed by atoms with Crippen LogP contribution in [-0.4, -0.2) is 75.6 Å². The standard InChI is InChI=1S/C26H47N5O7/c1-10-11-16(32)24(35)31(25(36)19(14(6)7)29-22(33)18(28)13(4)5)21(17(27)12(2)3)23(34)30-20(15(8)9)26(37)38/h12-15,17-21H,10-11,27-28H2,1-9H3,(H,29,33)(H,30,34)(H,37,38)/t17?,18-,19-,20-,21+/m0/s1. The quantitative estimate of drug-likeness (QED) is 0.182. The average molecular weight is 542 g/mol. The second-order valence-corrected chi connectivity index (χ2v) is 11.0. The average Bonchev–Trinajstić information content (AvgIpc) is 2.81. The Bertz CT molecular complexity index is 872. The Hall–Kier alpha value is -2.86. The van der Waals surface area contributed by atoms with Gasteiger partial charge in [0.25, 0.3) is 11.8 Å². The molecular weight excluding hydrogens is 494 g/mol. The molecule has 0 aromatic heterocycles. The van der Waals surface area contributed by atoms with Gasteiger partial charge in [0.05, 0.1) is 6.04 Å². The van der Waals surface area contributed by atoms with Gasteiger partial charge in [-0.1, -0.05) is 62.3 Å². The third-order valence-electron chi connectivity index (χ3n) is 6.33. The molecule has 0 aromatic rings. The Morgan fingerprint density at radius 3 is 1.58 bits per heavy atom. The first kappa shape index (κ1) is 35.1. The summed E-state index contributed by atoms with van der Waals surface area (Å²) in [5.41, 5.74) is 12.3. The van der Waals surface area contributed by atoms with Crippen LogP contribution in [-0.2, 0) is 28.8 Å². The Morgan fingerprint density at radius 2 is 1.21 bits per heavy atom. The lowest BCUT2D eigenvalue weighted by molar-refractivity contribution is -0.160. The largest absolute Gasteiger partial charge is 0.480 e. The second kappa shape index (κ2) is 15.5. The van der Waals surface area contributed by atoms with Gasteiger partial charge in [-0.3, -0.25) is 28.9 Å². The minimum absolute atomic E-state index is 0.186. The lowest BCUT2D eigenvalue weighted by atomic mass is 9.92. The van der Waals surface area contributed by atoms with Crippen molar-refractivity contribution in [3.05, 3.63) is 0 Å². The van der Waals surface area contributed by atoms with Crippen LogP contribution >= 0.6 is 0 Å². The predicted octanol–water partition coefficient (Wildman–Crippen LogP) is 0.412. The van der Waals surface area contributed by atoms with E-state index < -0.39 is 83.3 Å². The molecule has 38 heavy (non-hydrogen) atoms. The van der Waals surface area contributed by atoms with E-state index in [2.05, 4.69) is 10.6 Å². The van der Waals surface area contributed by atoms with E-state index in [0.717, 1.165) is 0 Å². The van der Waals surface area contributed by atoms with Crippen molar-refractivity contribution in [2.75, 3.05) is 0 Å². The molecule has 0 saturated heterocycles. The summed E-state index contributed by atoms with van der Waals surface area (Å²) in [5.74, 6) is -7.93. The minimum Gasteiger partial charge on any atom is -0.480 e. The predicted molar refractivity (Wildman–Crippen MR) is 142 cm³/mol. The van der Waals surface area contributed by atoms with Gasteiger partial charge in [-0.2, -0.15) is 0 Å². The molecule has 0 rings (SSSR count). The maximum Gasteiger partial charge on any atom is 0.326 e. The molecule has 1 unspecified atom stereocenters. The van der Waals surface area contributed by atoms with Gasteiger partial charge in [-0.05, 0) is 30.1 Å². The molecule has 0 bridgehead atoms. The molecule has 4 amide bonds. The van der Waals surface area contributed by atoms with Crippen LogP contribution in [0.2, 0.25) is 0 Å². The van der Waals surface area contributed by atoms with Crippen molar-refractivity contribution in [3.8, 4) is 0 Å². The van der Waals surface area contributed by atoms with Crippen LogP contribution in [0.15, 0.2) is 0 Å². The zero-order valence-electron chi connectivity index (χ0n) is 24.1. The summed E-state index contributed by atoms with van der Waals surface area (Å²) in [6.45, 7) is 14.9. The summed E-state index contributed by atoms with van der Waals surface area (Å²) < 4.78 is 0. The highest BCUT2D eigenvalue weighted by Crippen LogP contribution is 2.19. The van der Waals surface area contributed by atoms with E-state index in [9.17, 15) is 33.9 Å².